The first-order chi connectivity index (χ1) is 10.3. The third kappa shape index (κ3) is 4.09. The smallest absolute Gasteiger partial charge is 0.238 e. The third-order valence-electron chi connectivity index (χ3n) is 2.88. The molecule has 0 aliphatic carbocycles. The minimum Gasteiger partial charge on any atom is -0.329 e. The minimum absolute atomic E-state index is 0.000864. The summed E-state index contributed by atoms with van der Waals surface area (Å²) in [6.45, 7) is 1.77. The molecule has 0 radical (unpaired) electrons. The second kappa shape index (κ2) is 6.51. The summed E-state index contributed by atoms with van der Waals surface area (Å²) in [6, 6.07) is 5.69. The van der Waals surface area contributed by atoms with E-state index in [0.29, 0.717) is 5.69 Å². The van der Waals surface area contributed by atoms with Crippen LogP contribution in [0.3, 0.4) is 0 Å². The van der Waals surface area contributed by atoms with Crippen LogP contribution in [0.2, 0.25) is 0 Å². The van der Waals surface area contributed by atoms with Crippen LogP contribution in [0.25, 0.3) is 0 Å². The number of hydrogen-bond donors (Lipinski definition) is 2. The molecule has 3 N–H and O–H groups in total. The highest BCUT2D eigenvalue weighted by molar-refractivity contribution is 8.00. The summed E-state index contributed by atoms with van der Waals surface area (Å²) in [4.78, 5) is 16.3. The molecule has 0 saturated carbocycles. The zero-order chi connectivity index (χ0) is 16.3. The fourth-order valence-corrected chi connectivity index (χ4v) is 3.00. The van der Waals surface area contributed by atoms with Crippen molar-refractivity contribution >= 4 is 33.4 Å². The molecular formula is C13H16N4O3S2. The lowest BCUT2D eigenvalue weighted by atomic mass is 10.3. The number of aromatic nitrogens is 2. The topological polar surface area (TPSA) is 107 Å². The Morgan fingerprint density at radius 1 is 1.36 bits per heavy atom. The van der Waals surface area contributed by atoms with E-state index in [2.05, 4.69) is 10.3 Å². The van der Waals surface area contributed by atoms with E-state index in [0.717, 1.165) is 5.16 Å². The number of nitrogens with two attached hydrogens (primary N) is 1. The predicted octanol–water partition coefficient (Wildman–Crippen LogP) is 1.19. The summed E-state index contributed by atoms with van der Waals surface area (Å²) in [5.74, 6) is -0.198. The fraction of sp³-hybridized carbons (Fsp3) is 0.231. The summed E-state index contributed by atoms with van der Waals surface area (Å²) in [6.07, 6.45) is 3.47. The fourth-order valence-electron chi connectivity index (χ4n) is 1.65. The predicted molar refractivity (Wildman–Crippen MR) is 85.0 cm³/mol. The van der Waals surface area contributed by atoms with Gasteiger partial charge < -0.3 is 9.88 Å². The van der Waals surface area contributed by atoms with Crippen LogP contribution in [0.1, 0.15) is 6.92 Å². The molecule has 0 aliphatic heterocycles. The van der Waals surface area contributed by atoms with Gasteiger partial charge in [0.15, 0.2) is 5.16 Å². The molecule has 0 bridgehead atoms. The number of sulfonamides is 1. The van der Waals surface area contributed by atoms with Crippen molar-refractivity contribution in [1.29, 1.82) is 0 Å². The van der Waals surface area contributed by atoms with Crippen LogP contribution in [-0.4, -0.2) is 29.1 Å². The van der Waals surface area contributed by atoms with Gasteiger partial charge in [0.25, 0.3) is 0 Å². The zero-order valence-corrected chi connectivity index (χ0v) is 13.7. The van der Waals surface area contributed by atoms with E-state index in [1.807, 2.05) is 11.6 Å². The Morgan fingerprint density at radius 2 is 2.00 bits per heavy atom. The molecule has 7 nitrogen and oxygen atoms in total. The molecule has 0 spiro atoms. The van der Waals surface area contributed by atoms with Gasteiger partial charge in [0.05, 0.1) is 10.1 Å². The summed E-state index contributed by atoms with van der Waals surface area (Å²) in [5, 5.41) is 8.13. The highest BCUT2D eigenvalue weighted by Gasteiger charge is 2.17. The first-order valence-corrected chi connectivity index (χ1v) is 8.77. The number of aryl methyl sites for hydroxylation is 1. The number of primary sulfonamides is 1. The van der Waals surface area contributed by atoms with Crippen LogP contribution >= 0.6 is 11.8 Å². The van der Waals surface area contributed by atoms with Crippen LogP contribution in [-0.2, 0) is 21.9 Å². The Morgan fingerprint density at radius 3 is 2.50 bits per heavy atom. The van der Waals surface area contributed by atoms with Gasteiger partial charge in [0.2, 0.25) is 15.9 Å². The van der Waals surface area contributed by atoms with Crippen molar-refractivity contribution in [3.8, 4) is 0 Å². The maximum Gasteiger partial charge on any atom is 0.238 e. The standard InChI is InChI=1S/C13H16N4O3S2/c1-9(21-13-15-7-8-17(13)2)12(18)16-10-3-5-11(6-4-10)22(14,19)20/h3-9H,1-2H3,(H,16,18)(H2,14,19,20)/t9-/m1/s1. The van der Waals surface area contributed by atoms with E-state index < -0.39 is 10.0 Å². The van der Waals surface area contributed by atoms with Crippen LogP contribution < -0.4 is 10.5 Å². The van der Waals surface area contributed by atoms with Crippen LogP contribution in [0, 0.1) is 0 Å². The molecule has 0 unspecified atom stereocenters. The number of carbonyl (C=O) groups excluding carboxylic acids is 1. The second-order valence-electron chi connectivity index (χ2n) is 4.64. The normalized spacial score (nSPS) is 12.9. The van der Waals surface area contributed by atoms with Crippen molar-refractivity contribution in [2.45, 2.75) is 22.2 Å². The summed E-state index contributed by atoms with van der Waals surface area (Å²) in [7, 11) is -1.88. The highest BCUT2D eigenvalue weighted by atomic mass is 32.2. The van der Waals surface area contributed by atoms with E-state index in [1.165, 1.54) is 36.0 Å². The average Bonchev–Trinajstić information content (AvgIpc) is 2.84. The number of anilines is 1. The van der Waals surface area contributed by atoms with Crippen LogP contribution in [0.5, 0.6) is 0 Å². The van der Waals surface area contributed by atoms with E-state index in [-0.39, 0.29) is 16.1 Å². The van der Waals surface area contributed by atoms with Crippen molar-refractivity contribution in [3.63, 3.8) is 0 Å². The maximum atomic E-state index is 12.1. The van der Waals surface area contributed by atoms with E-state index in [4.69, 9.17) is 5.14 Å². The largest absolute Gasteiger partial charge is 0.329 e. The van der Waals surface area contributed by atoms with Crippen molar-refractivity contribution in [2.75, 3.05) is 5.32 Å². The summed E-state index contributed by atoms with van der Waals surface area (Å²) in [5.41, 5.74) is 0.504. The summed E-state index contributed by atoms with van der Waals surface area (Å²) >= 11 is 1.34. The highest BCUT2D eigenvalue weighted by Crippen LogP contribution is 2.22. The number of benzene rings is 1. The Balaban J connectivity index is 2.01. The van der Waals surface area contributed by atoms with Gasteiger partial charge in [-0.3, -0.25) is 4.79 Å². The second-order valence-corrected chi connectivity index (χ2v) is 7.51. The number of amides is 1. The van der Waals surface area contributed by atoms with Crippen LogP contribution in [0.15, 0.2) is 46.7 Å². The van der Waals surface area contributed by atoms with E-state index in [9.17, 15) is 13.2 Å². The zero-order valence-electron chi connectivity index (χ0n) is 12.1. The minimum atomic E-state index is -3.73. The van der Waals surface area contributed by atoms with Crippen LogP contribution in [0.4, 0.5) is 5.69 Å². The summed E-state index contributed by atoms with van der Waals surface area (Å²) < 4.78 is 24.2. The van der Waals surface area contributed by atoms with Gasteiger partial charge in [-0.15, -0.1) is 0 Å². The number of imidazole rings is 1. The molecule has 22 heavy (non-hydrogen) atoms. The van der Waals surface area contributed by atoms with Crippen molar-refractivity contribution in [2.24, 2.45) is 12.2 Å². The lowest BCUT2D eigenvalue weighted by Crippen LogP contribution is -2.22. The van der Waals surface area contributed by atoms with E-state index >= 15 is 0 Å². The number of thioether (sulfide) groups is 1. The molecule has 0 saturated heterocycles. The third-order valence-corrected chi connectivity index (χ3v) is 4.98. The Kier molecular flexibility index (Phi) is 4.89. The molecule has 2 rings (SSSR count). The first kappa shape index (κ1) is 16.5. The van der Waals surface area contributed by atoms with Gasteiger partial charge in [-0.25, -0.2) is 18.5 Å². The van der Waals surface area contributed by atoms with Crippen molar-refractivity contribution in [3.05, 3.63) is 36.7 Å². The number of nitrogens with zero attached hydrogens (tertiary/aromatic N) is 2. The molecule has 9 heteroatoms. The Hall–Kier alpha value is -1.84. The van der Waals surface area contributed by atoms with Crippen molar-refractivity contribution < 1.29 is 13.2 Å². The van der Waals surface area contributed by atoms with Gasteiger partial charge in [-0.2, -0.15) is 0 Å². The molecule has 2 aromatic rings. The molecule has 1 aromatic heterocycles. The monoisotopic (exact) mass is 340 g/mol. The molecule has 1 heterocycles. The molecular weight excluding hydrogens is 324 g/mol. The molecule has 118 valence electrons. The molecule has 1 amide bonds. The van der Waals surface area contributed by atoms with Gasteiger partial charge in [-0.1, -0.05) is 11.8 Å². The Labute approximate surface area is 133 Å². The van der Waals surface area contributed by atoms with Gasteiger partial charge in [0, 0.05) is 25.1 Å². The molecule has 1 atom stereocenters. The molecule has 0 fully saturated rings. The lowest BCUT2D eigenvalue weighted by molar-refractivity contribution is -0.115. The van der Waals surface area contributed by atoms with Gasteiger partial charge in [-0.05, 0) is 31.2 Å². The average molecular weight is 340 g/mol. The van der Waals surface area contributed by atoms with E-state index in [1.54, 1.807) is 19.3 Å². The van der Waals surface area contributed by atoms with Gasteiger partial charge in [0.1, 0.15) is 0 Å². The number of carbonyl (C=O) groups is 1. The van der Waals surface area contributed by atoms with Gasteiger partial charge >= 0.3 is 0 Å². The number of hydrogen-bond acceptors (Lipinski definition) is 5. The maximum absolute atomic E-state index is 12.1. The number of nitrogens with one attached hydrogen (secondary N) is 1. The molecule has 0 aliphatic rings. The molecule has 1 aromatic carbocycles. The Bertz CT molecular complexity index is 769. The lowest BCUT2D eigenvalue weighted by Gasteiger charge is -2.12. The first-order valence-electron chi connectivity index (χ1n) is 6.35. The SMILES string of the molecule is C[C@@H](Sc1nccn1C)C(=O)Nc1ccc(S(N)(=O)=O)cc1. The van der Waals surface area contributed by atoms with Crippen molar-refractivity contribution in [1.82, 2.24) is 9.55 Å². The quantitative estimate of drug-likeness (QED) is 0.795. The number of rotatable bonds is 5.